The van der Waals surface area contributed by atoms with Gasteiger partial charge in [-0.15, -0.1) is 0 Å². The van der Waals surface area contributed by atoms with Crippen molar-refractivity contribution >= 4 is 11.5 Å². The molecule has 26 heavy (non-hydrogen) atoms. The number of methoxy groups -OCH3 is 1. The number of amidine groups is 1. The summed E-state index contributed by atoms with van der Waals surface area (Å²) >= 11 is 0. The first-order valence-corrected chi connectivity index (χ1v) is 8.57. The Morgan fingerprint density at radius 2 is 1.96 bits per heavy atom. The molecule has 0 spiro atoms. The fourth-order valence-electron chi connectivity index (χ4n) is 3.04. The zero-order chi connectivity index (χ0) is 17.8. The third-order valence-corrected chi connectivity index (χ3v) is 4.34. The van der Waals surface area contributed by atoms with Crippen molar-refractivity contribution in [2.45, 2.75) is 6.54 Å². The first-order chi connectivity index (χ1) is 12.8. The second-order valence-corrected chi connectivity index (χ2v) is 6.13. The molecule has 132 valence electrons. The van der Waals surface area contributed by atoms with Crippen LogP contribution in [0.3, 0.4) is 0 Å². The van der Waals surface area contributed by atoms with Crippen LogP contribution in [-0.4, -0.2) is 36.1 Å². The average molecular weight is 347 g/mol. The highest BCUT2D eigenvalue weighted by molar-refractivity contribution is 6.02. The van der Waals surface area contributed by atoms with E-state index in [2.05, 4.69) is 33.9 Å². The number of nitrogens with one attached hydrogen (secondary N) is 2. The maximum absolute atomic E-state index is 5.35. The predicted molar refractivity (Wildman–Crippen MR) is 102 cm³/mol. The molecule has 0 radical (unpaired) electrons. The van der Waals surface area contributed by atoms with Crippen molar-refractivity contribution in [2.24, 2.45) is 4.99 Å². The van der Waals surface area contributed by atoms with Gasteiger partial charge in [-0.25, -0.2) is 10.4 Å². The van der Waals surface area contributed by atoms with Crippen molar-refractivity contribution in [3.63, 3.8) is 0 Å². The number of pyridine rings is 1. The third-order valence-electron chi connectivity index (χ3n) is 4.34. The van der Waals surface area contributed by atoms with Crippen LogP contribution in [0.5, 0.6) is 0 Å². The van der Waals surface area contributed by atoms with Crippen LogP contribution in [-0.2, 0) is 11.3 Å². The van der Waals surface area contributed by atoms with E-state index >= 15 is 0 Å². The monoisotopic (exact) mass is 347 g/mol. The third kappa shape index (κ3) is 3.37. The van der Waals surface area contributed by atoms with E-state index in [1.807, 2.05) is 35.3 Å². The van der Waals surface area contributed by atoms with E-state index < -0.39 is 0 Å². The molecule has 0 aliphatic carbocycles. The van der Waals surface area contributed by atoms with Gasteiger partial charge in [-0.2, -0.15) is 0 Å². The largest absolute Gasteiger partial charge is 0.380 e. The lowest BCUT2D eigenvalue weighted by molar-refractivity contribution is 0.224. The second-order valence-electron chi connectivity index (χ2n) is 6.13. The zero-order valence-electron chi connectivity index (χ0n) is 14.6. The fraction of sp³-hybridized carbons (Fsp3) is 0.200. The van der Waals surface area contributed by atoms with Gasteiger partial charge in [0.05, 0.1) is 18.8 Å². The van der Waals surface area contributed by atoms with Crippen LogP contribution in [0.2, 0.25) is 0 Å². The van der Waals surface area contributed by atoms with E-state index in [0.29, 0.717) is 13.2 Å². The molecule has 2 aliphatic rings. The Hall–Kier alpha value is -2.96. The number of fused-ring (bicyclic) bond motifs is 1. The molecular weight excluding hydrogens is 326 g/mol. The van der Waals surface area contributed by atoms with Gasteiger partial charge in [-0.3, -0.25) is 9.98 Å². The number of hydrazine groups is 1. The standard InChI is InChI=1S/C20H21N5O/c1-26-14-17-13-23-25-19(22-12-15-7-9-21-10-8-15)11-18(24-20(17)25)16-5-3-2-4-6-16/h2-11,23-24H,12-14H2,1H3. The lowest BCUT2D eigenvalue weighted by Gasteiger charge is -2.29. The van der Waals surface area contributed by atoms with E-state index in [0.717, 1.165) is 35.0 Å². The SMILES string of the molecule is COCC1=C2NC(c3ccccc3)=CC(=NCc3ccncc3)N2NC1. The molecule has 2 aromatic rings. The molecule has 4 rings (SSSR count). The predicted octanol–water partition coefficient (Wildman–Crippen LogP) is 2.30. The molecule has 0 saturated heterocycles. The van der Waals surface area contributed by atoms with E-state index in [1.54, 1.807) is 19.5 Å². The number of hydrogen-bond acceptors (Lipinski definition) is 5. The van der Waals surface area contributed by atoms with Gasteiger partial charge in [0.2, 0.25) is 0 Å². The van der Waals surface area contributed by atoms with Crippen LogP contribution >= 0.6 is 0 Å². The number of aromatic nitrogens is 1. The van der Waals surface area contributed by atoms with Gasteiger partial charge >= 0.3 is 0 Å². The number of nitrogens with zero attached hydrogens (tertiary/aromatic N) is 3. The molecule has 0 fully saturated rings. The summed E-state index contributed by atoms with van der Waals surface area (Å²) in [5.41, 5.74) is 7.84. The highest BCUT2D eigenvalue weighted by Gasteiger charge is 2.29. The Morgan fingerprint density at radius 1 is 1.15 bits per heavy atom. The quantitative estimate of drug-likeness (QED) is 0.869. The first-order valence-electron chi connectivity index (χ1n) is 8.57. The molecule has 0 atom stereocenters. The van der Waals surface area contributed by atoms with Crippen molar-refractivity contribution in [3.05, 3.63) is 83.5 Å². The summed E-state index contributed by atoms with van der Waals surface area (Å²) in [4.78, 5) is 8.89. The minimum absolute atomic E-state index is 0.575. The molecule has 2 N–H and O–H groups in total. The molecule has 6 heteroatoms. The normalized spacial score (nSPS) is 18.0. The van der Waals surface area contributed by atoms with Crippen molar-refractivity contribution in [2.75, 3.05) is 20.3 Å². The van der Waals surface area contributed by atoms with Gasteiger partial charge in [-0.05, 0) is 23.3 Å². The Labute approximate surface area is 152 Å². The number of benzene rings is 1. The number of ether oxygens (including phenoxy) is 1. The molecule has 6 nitrogen and oxygen atoms in total. The number of rotatable bonds is 5. The smallest absolute Gasteiger partial charge is 0.146 e. The van der Waals surface area contributed by atoms with Gasteiger partial charge in [0.25, 0.3) is 0 Å². The summed E-state index contributed by atoms with van der Waals surface area (Å²) in [6.45, 7) is 1.91. The van der Waals surface area contributed by atoms with Crippen LogP contribution in [0.1, 0.15) is 11.1 Å². The summed E-state index contributed by atoms with van der Waals surface area (Å²) < 4.78 is 5.35. The fourth-order valence-corrected chi connectivity index (χ4v) is 3.04. The average Bonchev–Trinajstić information content (AvgIpc) is 3.11. The second kappa shape index (κ2) is 7.51. The van der Waals surface area contributed by atoms with E-state index in [9.17, 15) is 0 Å². The van der Waals surface area contributed by atoms with Crippen LogP contribution < -0.4 is 10.7 Å². The highest BCUT2D eigenvalue weighted by Crippen LogP contribution is 2.25. The Kier molecular flexibility index (Phi) is 4.77. The molecule has 0 saturated carbocycles. The topological polar surface area (TPSA) is 61.8 Å². The van der Waals surface area contributed by atoms with Crippen molar-refractivity contribution in [3.8, 4) is 0 Å². The van der Waals surface area contributed by atoms with Gasteiger partial charge < -0.3 is 10.1 Å². The molecule has 1 aromatic carbocycles. The number of hydrogen-bond donors (Lipinski definition) is 2. The Morgan fingerprint density at radius 3 is 2.73 bits per heavy atom. The summed E-state index contributed by atoms with van der Waals surface area (Å²) in [6.07, 6.45) is 5.65. The molecule has 2 aliphatic heterocycles. The van der Waals surface area contributed by atoms with Crippen molar-refractivity contribution in [1.82, 2.24) is 20.7 Å². The van der Waals surface area contributed by atoms with Crippen molar-refractivity contribution in [1.29, 1.82) is 0 Å². The van der Waals surface area contributed by atoms with E-state index in [-0.39, 0.29) is 0 Å². The first kappa shape index (κ1) is 16.5. The van der Waals surface area contributed by atoms with Crippen LogP contribution in [0.4, 0.5) is 0 Å². The van der Waals surface area contributed by atoms with Gasteiger partial charge in [0, 0.05) is 37.7 Å². The molecule has 1 aromatic heterocycles. The number of aliphatic imine (C=N–C) groups is 1. The molecular formula is C20H21N5O. The molecule has 3 heterocycles. The maximum atomic E-state index is 5.35. The summed E-state index contributed by atoms with van der Waals surface area (Å²) in [6, 6.07) is 14.2. The molecule has 0 bridgehead atoms. The lowest BCUT2D eigenvalue weighted by Crippen LogP contribution is -2.43. The molecule has 0 amide bonds. The molecule has 0 unspecified atom stereocenters. The minimum atomic E-state index is 0.575. The van der Waals surface area contributed by atoms with Crippen LogP contribution in [0.25, 0.3) is 5.70 Å². The lowest BCUT2D eigenvalue weighted by atomic mass is 10.1. The minimum Gasteiger partial charge on any atom is -0.380 e. The van der Waals surface area contributed by atoms with E-state index in [4.69, 9.17) is 9.73 Å². The summed E-state index contributed by atoms with van der Waals surface area (Å²) in [7, 11) is 1.71. The summed E-state index contributed by atoms with van der Waals surface area (Å²) in [5.74, 6) is 1.88. The summed E-state index contributed by atoms with van der Waals surface area (Å²) in [5, 5.41) is 5.53. The van der Waals surface area contributed by atoms with E-state index in [1.165, 1.54) is 5.57 Å². The highest BCUT2D eigenvalue weighted by atomic mass is 16.5. The Balaban J connectivity index is 1.70. The van der Waals surface area contributed by atoms with Gasteiger partial charge in [0.15, 0.2) is 0 Å². The van der Waals surface area contributed by atoms with Gasteiger partial charge in [-0.1, -0.05) is 30.3 Å². The Bertz CT molecular complexity index is 858. The van der Waals surface area contributed by atoms with Crippen LogP contribution in [0, 0.1) is 0 Å². The maximum Gasteiger partial charge on any atom is 0.146 e. The van der Waals surface area contributed by atoms with Gasteiger partial charge in [0.1, 0.15) is 11.7 Å². The van der Waals surface area contributed by atoms with Crippen molar-refractivity contribution < 1.29 is 4.74 Å². The zero-order valence-corrected chi connectivity index (χ0v) is 14.6. The van der Waals surface area contributed by atoms with Crippen LogP contribution in [0.15, 0.2) is 77.3 Å².